The van der Waals surface area contributed by atoms with Crippen molar-refractivity contribution in [2.75, 3.05) is 19.7 Å². The molecule has 0 radical (unpaired) electrons. The first kappa shape index (κ1) is 15.0. The van der Waals surface area contributed by atoms with Crippen molar-refractivity contribution in [2.24, 2.45) is 0 Å². The van der Waals surface area contributed by atoms with Gasteiger partial charge in [0.25, 0.3) is 0 Å². The fourth-order valence-electron chi connectivity index (χ4n) is 2.43. The average Bonchev–Trinajstić information content (AvgIpc) is 2.80. The highest BCUT2D eigenvalue weighted by atomic mass is 16.5. The van der Waals surface area contributed by atoms with Gasteiger partial charge in [0.15, 0.2) is 0 Å². The molecule has 0 spiro atoms. The molecule has 1 aromatic rings. The van der Waals surface area contributed by atoms with E-state index in [1.165, 1.54) is 0 Å². The van der Waals surface area contributed by atoms with Gasteiger partial charge >= 0.3 is 0 Å². The number of nitrogens with zero attached hydrogens (tertiary/aromatic N) is 1. The second-order valence-corrected chi connectivity index (χ2v) is 5.41. The van der Waals surface area contributed by atoms with Gasteiger partial charge in [-0.25, -0.2) is 0 Å². The molecule has 1 unspecified atom stereocenters. The van der Waals surface area contributed by atoms with Gasteiger partial charge in [-0.3, -0.25) is 10.1 Å². The number of hydrogen-bond donors (Lipinski definition) is 1. The van der Waals surface area contributed by atoms with Crippen LogP contribution in [0.3, 0.4) is 0 Å². The van der Waals surface area contributed by atoms with Crippen LogP contribution in [0.15, 0.2) is 30.3 Å². The van der Waals surface area contributed by atoms with Gasteiger partial charge < -0.3 is 9.64 Å². The summed E-state index contributed by atoms with van der Waals surface area (Å²) in [6.07, 6.45) is 2.27. The number of carbonyl (C=O) groups excluding carboxylic acids is 1. The van der Waals surface area contributed by atoms with E-state index in [1.807, 2.05) is 36.9 Å². The summed E-state index contributed by atoms with van der Waals surface area (Å²) in [5, 5.41) is 3.28. The Morgan fingerprint density at radius 1 is 1.30 bits per heavy atom. The fourth-order valence-corrected chi connectivity index (χ4v) is 2.43. The average molecular weight is 276 g/mol. The van der Waals surface area contributed by atoms with Gasteiger partial charge in [0.2, 0.25) is 5.91 Å². The number of ether oxygens (including phenoxy) is 1. The van der Waals surface area contributed by atoms with Crippen molar-refractivity contribution in [3.8, 4) is 0 Å². The maximum absolute atomic E-state index is 12.0. The number of carbonyl (C=O) groups is 1. The van der Waals surface area contributed by atoms with Gasteiger partial charge in [0, 0.05) is 13.2 Å². The first-order chi connectivity index (χ1) is 9.68. The Balaban J connectivity index is 1.83. The minimum absolute atomic E-state index is 0.0229. The zero-order valence-electron chi connectivity index (χ0n) is 12.3. The molecule has 0 aliphatic carbocycles. The van der Waals surface area contributed by atoms with Crippen LogP contribution in [0.2, 0.25) is 0 Å². The second-order valence-electron chi connectivity index (χ2n) is 5.41. The molecule has 110 valence electrons. The Labute approximate surface area is 121 Å². The summed E-state index contributed by atoms with van der Waals surface area (Å²) < 4.78 is 5.53. The van der Waals surface area contributed by atoms with E-state index in [1.54, 1.807) is 0 Å². The van der Waals surface area contributed by atoms with Crippen molar-refractivity contribution >= 4 is 5.91 Å². The molecule has 0 aromatic heterocycles. The second kappa shape index (κ2) is 7.41. The Kier molecular flexibility index (Phi) is 5.56. The van der Waals surface area contributed by atoms with Gasteiger partial charge in [-0.15, -0.1) is 0 Å². The van der Waals surface area contributed by atoms with Crippen LogP contribution in [-0.2, 0) is 9.53 Å². The highest BCUT2D eigenvalue weighted by Crippen LogP contribution is 2.22. The summed E-state index contributed by atoms with van der Waals surface area (Å²) in [6, 6.07) is 10.1. The lowest BCUT2D eigenvalue weighted by atomic mass is 10.1. The number of benzene rings is 1. The smallest absolute Gasteiger partial charge is 0.238 e. The molecular weight excluding hydrogens is 252 g/mol. The van der Waals surface area contributed by atoms with E-state index in [2.05, 4.69) is 17.4 Å². The van der Waals surface area contributed by atoms with Crippen molar-refractivity contribution in [2.45, 2.75) is 39.0 Å². The van der Waals surface area contributed by atoms with E-state index in [0.717, 1.165) is 31.6 Å². The number of hydrogen-bond acceptors (Lipinski definition) is 3. The van der Waals surface area contributed by atoms with E-state index in [9.17, 15) is 4.79 Å². The third kappa shape index (κ3) is 4.05. The molecule has 20 heavy (non-hydrogen) atoms. The van der Waals surface area contributed by atoms with Crippen LogP contribution in [0, 0.1) is 0 Å². The lowest BCUT2D eigenvalue weighted by molar-refractivity contribution is -0.128. The fraction of sp³-hybridized carbons (Fsp3) is 0.562. The van der Waals surface area contributed by atoms with Gasteiger partial charge in [-0.05, 0) is 32.3 Å². The summed E-state index contributed by atoms with van der Waals surface area (Å²) in [6.45, 7) is 6.07. The van der Waals surface area contributed by atoms with Crippen molar-refractivity contribution in [3.05, 3.63) is 35.9 Å². The van der Waals surface area contributed by atoms with E-state index in [4.69, 9.17) is 4.74 Å². The van der Waals surface area contributed by atoms with Crippen LogP contribution in [0.1, 0.15) is 38.4 Å². The predicted molar refractivity (Wildman–Crippen MR) is 79.2 cm³/mol. The lowest BCUT2D eigenvalue weighted by Crippen LogP contribution is -2.31. The van der Waals surface area contributed by atoms with Gasteiger partial charge in [0.05, 0.1) is 12.6 Å². The largest absolute Gasteiger partial charge is 0.379 e. The Bertz CT molecular complexity index is 420. The molecule has 1 amide bonds. The van der Waals surface area contributed by atoms with Crippen LogP contribution < -0.4 is 5.32 Å². The summed E-state index contributed by atoms with van der Waals surface area (Å²) in [4.78, 5) is 13.9. The van der Waals surface area contributed by atoms with Crippen molar-refractivity contribution in [3.63, 3.8) is 0 Å². The van der Waals surface area contributed by atoms with Gasteiger partial charge in [-0.2, -0.15) is 0 Å². The molecule has 1 aliphatic rings. The van der Waals surface area contributed by atoms with Crippen LogP contribution >= 0.6 is 0 Å². The summed E-state index contributed by atoms with van der Waals surface area (Å²) in [5.74, 6) is 0.184. The molecule has 1 atom stereocenters. The van der Waals surface area contributed by atoms with Crippen molar-refractivity contribution < 1.29 is 9.53 Å². The highest BCUT2D eigenvalue weighted by Gasteiger charge is 2.30. The minimum atomic E-state index is 0.0229. The normalized spacial score (nSPS) is 19.1. The monoisotopic (exact) mass is 276 g/mol. The molecule has 1 saturated heterocycles. The summed E-state index contributed by atoms with van der Waals surface area (Å²) in [7, 11) is 0. The molecule has 1 fully saturated rings. The minimum Gasteiger partial charge on any atom is -0.379 e. The lowest BCUT2D eigenvalue weighted by Gasteiger charge is -2.24. The molecule has 1 N–H and O–H groups in total. The molecule has 2 rings (SSSR count). The third-order valence-corrected chi connectivity index (χ3v) is 3.44. The third-order valence-electron chi connectivity index (χ3n) is 3.44. The topological polar surface area (TPSA) is 41.6 Å². The zero-order chi connectivity index (χ0) is 14.4. The SMILES string of the molecule is CC(C)OCCCCN1C(=O)CNC1c1ccccc1. The molecule has 1 heterocycles. The van der Waals surface area contributed by atoms with Crippen LogP contribution in [0.25, 0.3) is 0 Å². The molecule has 4 nitrogen and oxygen atoms in total. The molecule has 1 aliphatic heterocycles. The maximum Gasteiger partial charge on any atom is 0.238 e. The van der Waals surface area contributed by atoms with E-state index in [-0.39, 0.29) is 18.2 Å². The first-order valence-electron chi connectivity index (χ1n) is 7.38. The van der Waals surface area contributed by atoms with Crippen LogP contribution in [-0.4, -0.2) is 36.6 Å². The van der Waals surface area contributed by atoms with E-state index in [0.29, 0.717) is 6.54 Å². The standard InChI is InChI=1S/C16H24N2O2/c1-13(2)20-11-7-6-10-18-15(19)12-17-16(18)14-8-4-3-5-9-14/h3-5,8-9,13,16-17H,6-7,10-12H2,1-2H3. The molecular formula is C16H24N2O2. The number of nitrogens with one attached hydrogen (secondary N) is 1. The summed E-state index contributed by atoms with van der Waals surface area (Å²) in [5.41, 5.74) is 1.15. The summed E-state index contributed by atoms with van der Waals surface area (Å²) >= 11 is 0. The Hall–Kier alpha value is -1.39. The molecule has 0 bridgehead atoms. The first-order valence-corrected chi connectivity index (χ1v) is 7.38. The van der Waals surface area contributed by atoms with Crippen LogP contribution in [0.5, 0.6) is 0 Å². The predicted octanol–water partition coefficient (Wildman–Crippen LogP) is 2.32. The van der Waals surface area contributed by atoms with Gasteiger partial charge in [0.1, 0.15) is 6.17 Å². The van der Waals surface area contributed by atoms with E-state index >= 15 is 0 Å². The number of unbranched alkanes of at least 4 members (excludes halogenated alkanes) is 1. The van der Waals surface area contributed by atoms with Crippen molar-refractivity contribution in [1.82, 2.24) is 10.2 Å². The maximum atomic E-state index is 12.0. The Morgan fingerprint density at radius 2 is 2.05 bits per heavy atom. The van der Waals surface area contributed by atoms with Crippen molar-refractivity contribution in [1.29, 1.82) is 0 Å². The highest BCUT2D eigenvalue weighted by molar-refractivity contribution is 5.80. The number of rotatable bonds is 7. The quantitative estimate of drug-likeness (QED) is 0.777. The number of amides is 1. The molecule has 0 saturated carbocycles. The molecule has 4 heteroatoms. The van der Waals surface area contributed by atoms with Gasteiger partial charge in [-0.1, -0.05) is 30.3 Å². The Morgan fingerprint density at radius 3 is 2.75 bits per heavy atom. The molecule has 1 aromatic carbocycles. The van der Waals surface area contributed by atoms with Crippen LogP contribution in [0.4, 0.5) is 0 Å². The van der Waals surface area contributed by atoms with E-state index < -0.39 is 0 Å². The zero-order valence-corrected chi connectivity index (χ0v) is 12.3.